The Morgan fingerprint density at radius 1 is 1.38 bits per heavy atom. The molecule has 0 unspecified atom stereocenters. The predicted octanol–water partition coefficient (Wildman–Crippen LogP) is 1.55. The molecule has 0 spiro atoms. The summed E-state index contributed by atoms with van der Waals surface area (Å²) in [4.78, 5) is 14.7. The van der Waals surface area contributed by atoms with Crippen LogP contribution in [0.2, 0.25) is 0 Å². The van der Waals surface area contributed by atoms with Gasteiger partial charge in [0.25, 0.3) is 0 Å². The monoisotopic (exact) mass is 330 g/mol. The minimum atomic E-state index is 0.0800. The Kier molecular flexibility index (Phi) is 4.41. The Hall–Kier alpha value is -1.66. The maximum absolute atomic E-state index is 12.6. The highest BCUT2D eigenvalue weighted by Crippen LogP contribution is 2.40. The third-order valence-electron chi connectivity index (χ3n) is 5.31. The summed E-state index contributed by atoms with van der Waals surface area (Å²) in [6.45, 7) is 2.39. The van der Waals surface area contributed by atoms with Gasteiger partial charge < -0.3 is 15.0 Å². The highest BCUT2D eigenvalue weighted by molar-refractivity contribution is 5.78. The van der Waals surface area contributed by atoms with Gasteiger partial charge in [-0.1, -0.05) is 6.08 Å². The molecule has 2 aliphatic heterocycles. The Labute approximate surface area is 142 Å². The molecule has 0 radical (unpaired) electrons. The van der Waals surface area contributed by atoms with Crippen LogP contribution in [-0.4, -0.2) is 52.4 Å². The van der Waals surface area contributed by atoms with Gasteiger partial charge in [0.05, 0.1) is 24.9 Å². The summed E-state index contributed by atoms with van der Waals surface area (Å²) >= 11 is 0. The maximum atomic E-state index is 12.6. The quantitative estimate of drug-likeness (QED) is 0.832. The number of aromatic nitrogens is 2. The summed E-state index contributed by atoms with van der Waals surface area (Å²) in [5, 5.41) is 8.04. The van der Waals surface area contributed by atoms with Crippen molar-refractivity contribution in [1.29, 1.82) is 0 Å². The van der Waals surface area contributed by atoms with Crippen molar-refractivity contribution >= 4 is 5.91 Å². The number of ether oxygens (including phenoxy) is 1. The van der Waals surface area contributed by atoms with Gasteiger partial charge >= 0.3 is 0 Å². The summed E-state index contributed by atoms with van der Waals surface area (Å²) in [6, 6.07) is 2.81. The van der Waals surface area contributed by atoms with E-state index in [2.05, 4.69) is 27.5 Å². The standard InChI is InChI=1S/C18H26N4O2/c1-21-16(8-9-20-21)18-15(19-11-13-3-2-10-24-12-13)6-7-17(23)22(18)14-4-5-14/h3,8-9,14-15,18-19H,2,4-7,10-12H2,1H3/t15-,18-/m1/s1. The van der Waals surface area contributed by atoms with E-state index < -0.39 is 0 Å². The third kappa shape index (κ3) is 3.13. The lowest BCUT2D eigenvalue weighted by Gasteiger charge is -2.42. The summed E-state index contributed by atoms with van der Waals surface area (Å²) in [7, 11) is 1.97. The number of amides is 1. The molecule has 6 nitrogen and oxygen atoms in total. The molecule has 24 heavy (non-hydrogen) atoms. The first kappa shape index (κ1) is 15.8. The number of aryl methyl sites for hydroxylation is 1. The number of nitrogens with zero attached hydrogens (tertiary/aromatic N) is 3. The smallest absolute Gasteiger partial charge is 0.223 e. The topological polar surface area (TPSA) is 59.4 Å². The second kappa shape index (κ2) is 6.69. The van der Waals surface area contributed by atoms with E-state index in [9.17, 15) is 4.79 Å². The molecular weight excluding hydrogens is 304 g/mol. The number of piperidine rings is 1. The molecule has 2 atom stereocenters. The van der Waals surface area contributed by atoms with E-state index in [4.69, 9.17) is 4.74 Å². The Morgan fingerprint density at radius 3 is 2.92 bits per heavy atom. The minimum absolute atomic E-state index is 0.0800. The Morgan fingerprint density at radius 2 is 2.25 bits per heavy atom. The highest BCUT2D eigenvalue weighted by atomic mass is 16.5. The van der Waals surface area contributed by atoms with Gasteiger partial charge in [-0.25, -0.2) is 0 Å². The zero-order chi connectivity index (χ0) is 16.5. The molecule has 130 valence electrons. The summed E-state index contributed by atoms with van der Waals surface area (Å²) in [5.74, 6) is 0.293. The second-order valence-corrected chi connectivity index (χ2v) is 7.09. The number of hydrogen-bond donors (Lipinski definition) is 1. The lowest BCUT2D eigenvalue weighted by molar-refractivity contribution is -0.138. The van der Waals surface area contributed by atoms with Gasteiger partial charge in [0, 0.05) is 38.3 Å². The van der Waals surface area contributed by atoms with Crippen molar-refractivity contribution in [2.75, 3.05) is 19.8 Å². The highest BCUT2D eigenvalue weighted by Gasteiger charge is 2.45. The van der Waals surface area contributed by atoms with E-state index in [1.54, 1.807) is 0 Å². The van der Waals surface area contributed by atoms with E-state index in [0.29, 0.717) is 18.4 Å². The van der Waals surface area contributed by atoms with Crippen molar-refractivity contribution < 1.29 is 9.53 Å². The molecule has 2 fully saturated rings. The maximum Gasteiger partial charge on any atom is 0.223 e. The average Bonchev–Trinajstić information content (AvgIpc) is 3.35. The molecule has 1 saturated heterocycles. The summed E-state index contributed by atoms with van der Waals surface area (Å²) in [6.07, 6.45) is 8.89. The van der Waals surface area contributed by atoms with Gasteiger partial charge in [0.1, 0.15) is 0 Å². The first-order valence-corrected chi connectivity index (χ1v) is 9.02. The fourth-order valence-corrected chi connectivity index (χ4v) is 3.93. The zero-order valence-corrected chi connectivity index (χ0v) is 14.3. The summed E-state index contributed by atoms with van der Waals surface area (Å²) < 4.78 is 7.45. The van der Waals surface area contributed by atoms with Gasteiger partial charge in [-0.05, 0) is 37.3 Å². The SMILES string of the molecule is Cn1nccc1[C@H]1[C@H](NCC2=CCCOC2)CCC(=O)N1C1CC1. The normalized spacial score (nSPS) is 28.1. The first-order chi connectivity index (χ1) is 11.7. The van der Waals surface area contributed by atoms with E-state index in [0.717, 1.165) is 51.1 Å². The Balaban J connectivity index is 1.55. The van der Waals surface area contributed by atoms with Gasteiger partial charge in [0.15, 0.2) is 0 Å². The minimum Gasteiger partial charge on any atom is -0.377 e. The number of nitrogens with one attached hydrogen (secondary N) is 1. The van der Waals surface area contributed by atoms with Crippen LogP contribution < -0.4 is 5.32 Å². The lowest BCUT2D eigenvalue weighted by atomic mass is 9.92. The van der Waals surface area contributed by atoms with Crippen LogP contribution in [0.1, 0.15) is 43.8 Å². The molecular formula is C18H26N4O2. The third-order valence-corrected chi connectivity index (χ3v) is 5.31. The van der Waals surface area contributed by atoms with Crippen LogP contribution in [0, 0.1) is 0 Å². The van der Waals surface area contributed by atoms with Gasteiger partial charge in [0.2, 0.25) is 5.91 Å². The molecule has 0 bridgehead atoms. The number of carbonyl (C=O) groups is 1. The zero-order valence-electron chi connectivity index (χ0n) is 14.3. The van der Waals surface area contributed by atoms with Crippen molar-refractivity contribution in [3.8, 4) is 0 Å². The van der Waals surface area contributed by atoms with Crippen LogP contribution >= 0.6 is 0 Å². The van der Waals surface area contributed by atoms with Gasteiger partial charge in [-0.3, -0.25) is 9.48 Å². The van der Waals surface area contributed by atoms with E-state index in [-0.39, 0.29) is 12.1 Å². The first-order valence-electron chi connectivity index (χ1n) is 9.02. The average molecular weight is 330 g/mol. The Bertz CT molecular complexity index is 635. The van der Waals surface area contributed by atoms with Crippen LogP contribution in [-0.2, 0) is 16.6 Å². The molecule has 1 aliphatic carbocycles. The van der Waals surface area contributed by atoms with E-state index >= 15 is 0 Å². The van der Waals surface area contributed by atoms with Crippen LogP contribution in [0.3, 0.4) is 0 Å². The number of hydrogen-bond acceptors (Lipinski definition) is 4. The van der Waals surface area contributed by atoms with Crippen LogP contribution in [0.25, 0.3) is 0 Å². The molecule has 3 aliphatic rings. The fourth-order valence-electron chi connectivity index (χ4n) is 3.93. The van der Waals surface area contributed by atoms with Crippen molar-refractivity contribution in [3.63, 3.8) is 0 Å². The summed E-state index contributed by atoms with van der Waals surface area (Å²) in [5.41, 5.74) is 2.45. The molecule has 1 aromatic rings. The molecule has 1 saturated carbocycles. The molecule has 1 aromatic heterocycles. The van der Waals surface area contributed by atoms with Crippen molar-refractivity contribution in [2.24, 2.45) is 7.05 Å². The molecule has 0 aromatic carbocycles. The van der Waals surface area contributed by atoms with Crippen molar-refractivity contribution in [2.45, 2.75) is 50.2 Å². The fraction of sp³-hybridized carbons (Fsp3) is 0.667. The molecule has 6 heteroatoms. The molecule has 3 heterocycles. The number of carbonyl (C=O) groups excluding carboxylic acids is 1. The molecule has 1 N–H and O–H groups in total. The molecule has 4 rings (SSSR count). The largest absolute Gasteiger partial charge is 0.377 e. The van der Waals surface area contributed by atoms with Crippen molar-refractivity contribution in [3.05, 3.63) is 29.6 Å². The number of rotatable bonds is 5. The van der Waals surface area contributed by atoms with Gasteiger partial charge in [-0.2, -0.15) is 5.10 Å². The lowest BCUT2D eigenvalue weighted by Crippen LogP contribution is -2.52. The predicted molar refractivity (Wildman–Crippen MR) is 90.4 cm³/mol. The van der Waals surface area contributed by atoms with E-state index in [1.165, 1.54) is 5.57 Å². The molecule has 1 amide bonds. The van der Waals surface area contributed by atoms with Crippen LogP contribution in [0.5, 0.6) is 0 Å². The van der Waals surface area contributed by atoms with Crippen molar-refractivity contribution in [1.82, 2.24) is 20.0 Å². The van der Waals surface area contributed by atoms with Gasteiger partial charge in [-0.15, -0.1) is 0 Å². The van der Waals surface area contributed by atoms with Crippen LogP contribution in [0.4, 0.5) is 0 Å². The second-order valence-electron chi connectivity index (χ2n) is 7.09. The number of likely N-dealkylation sites (tertiary alicyclic amines) is 1. The van der Waals surface area contributed by atoms with Crippen LogP contribution in [0.15, 0.2) is 23.9 Å². The van der Waals surface area contributed by atoms with E-state index in [1.807, 2.05) is 17.9 Å².